The largest absolute Gasteiger partial charge is 0.356 e. The summed E-state index contributed by atoms with van der Waals surface area (Å²) in [5.41, 5.74) is 2.92. The third-order valence-corrected chi connectivity index (χ3v) is 5.04. The van der Waals surface area contributed by atoms with Gasteiger partial charge in [-0.05, 0) is 38.7 Å². The molecule has 7 heteroatoms. The Kier molecular flexibility index (Phi) is 4.36. The lowest BCUT2D eigenvalue weighted by atomic mass is 10.0. The maximum Gasteiger partial charge on any atom is 0.132 e. The molecule has 0 amide bonds. The van der Waals surface area contributed by atoms with Crippen LogP contribution < -0.4 is 4.90 Å². The normalized spacial score (nSPS) is 17.0. The van der Waals surface area contributed by atoms with Crippen LogP contribution in [0, 0.1) is 19.8 Å². The van der Waals surface area contributed by atoms with Crippen molar-refractivity contribution in [3.05, 3.63) is 48.2 Å². The zero-order valence-corrected chi connectivity index (χ0v) is 15.4. The number of nitrogens with zero attached hydrogens (tertiary/aromatic N) is 7. The molecule has 3 aromatic heterocycles. The van der Waals surface area contributed by atoms with Gasteiger partial charge in [-0.15, -0.1) is 0 Å². The second kappa shape index (κ2) is 6.82. The fourth-order valence-electron chi connectivity index (χ4n) is 3.49. The lowest BCUT2D eigenvalue weighted by molar-refractivity contribution is 0.576. The molecule has 1 fully saturated rings. The van der Waals surface area contributed by atoms with E-state index in [1.165, 1.54) is 0 Å². The van der Waals surface area contributed by atoms with Gasteiger partial charge in [-0.3, -0.25) is 4.98 Å². The molecule has 0 saturated carbocycles. The topological polar surface area (TPSA) is 72.6 Å². The van der Waals surface area contributed by atoms with Gasteiger partial charge >= 0.3 is 0 Å². The number of hydrogen-bond acceptors (Lipinski definition) is 6. The quantitative estimate of drug-likeness (QED) is 0.720. The predicted molar refractivity (Wildman–Crippen MR) is 99.8 cm³/mol. The minimum Gasteiger partial charge on any atom is -0.356 e. The van der Waals surface area contributed by atoms with Gasteiger partial charge in [0.1, 0.15) is 23.2 Å². The average Bonchev–Trinajstić information content (AvgIpc) is 3.23. The smallest absolute Gasteiger partial charge is 0.132 e. The van der Waals surface area contributed by atoms with Crippen LogP contribution in [0.3, 0.4) is 0 Å². The number of hydrogen-bond donors (Lipinski definition) is 0. The van der Waals surface area contributed by atoms with Gasteiger partial charge in [0.2, 0.25) is 0 Å². The molecule has 0 radical (unpaired) electrons. The zero-order chi connectivity index (χ0) is 18.1. The van der Waals surface area contributed by atoms with Gasteiger partial charge in [0.25, 0.3) is 0 Å². The van der Waals surface area contributed by atoms with E-state index in [-0.39, 0.29) is 0 Å². The van der Waals surface area contributed by atoms with E-state index in [1.807, 2.05) is 56.3 Å². The predicted octanol–water partition coefficient (Wildman–Crippen LogP) is 2.35. The fraction of sp³-hybridized carbons (Fsp3) is 0.421. The number of imidazole rings is 1. The first-order chi connectivity index (χ1) is 12.6. The number of anilines is 1. The van der Waals surface area contributed by atoms with Crippen LogP contribution in [0.2, 0.25) is 0 Å². The van der Waals surface area contributed by atoms with Crippen molar-refractivity contribution in [3.8, 4) is 11.4 Å². The Bertz CT molecular complexity index is 918. The molecule has 0 unspecified atom stereocenters. The van der Waals surface area contributed by atoms with Gasteiger partial charge in [0, 0.05) is 32.5 Å². The molecule has 0 aromatic carbocycles. The van der Waals surface area contributed by atoms with Gasteiger partial charge in [-0.1, -0.05) is 0 Å². The molecule has 134 valence electrons. The highest BCUT2D eigenvalue weighted by molar-refractivity contribution is 5.53. The highest BCUT2D eigenvalue weighted by Crippen LogP contribution is 2.25. The van der Waals surface area contributed by atoms with Crippen molar-refractivity contribution in [3.63, 3.8) is 0 Å². The van der Waals surface area contributed by atoms with Crippen molar-refractivity contribution in [2.75, 3.05) is 18.0 Å². The van der Waals surface area contributed by atoms with E-state index in [0.29, 0.717) is 5.92 Å². The van der Waals surface area contributed by atoms with Crippen LogP contribution in [0.4, 0.5) is 5.82 Å². The van der Waals surface area contributed by atoms with E-state index in [1.54, 1.807) is 0 Å². The van der Waals surface area contributed by atoms with E-state index in [4.69, 9.17) is 4.98 Å². The molecule has 4 heterocycles. The second-order valence-corrected chi connectivity index (χ2v) is 6.91. The molecule has 3 aromatic rings. The molecule has 0 spiro atoms. The summed E-state index contributed by atoms with van der Waals surface area (Å²) in [5.74, 6) is 3.36. The van der Waals surface area contributed by atoms with Crippen LogP contribution in [0.25, 0.3) is 11.4 Å². The van der Waals surface area contributed by atoms with Crippen molar-refractivity contribution in [1.82, 2.24) is 29.5 Å². The summed E-state index contributed by atoms with van der Waals surface area (Å²) in [6.07, 6.45) is 9.44. The molecule has 7 nitrogen and oxygen atoms in total. The molecule has 1 aliphatic rings. The third-order valence-electron chi connectivity index (χ3n) is 5.04. The molecule has 4 rings (SSSR count). The third kappa shape index (κ3) is 3.29. The van der Waals surface area contributed by atoms with E-state index >= 15 is 0 Å². The summed E-state index contributed by atoms with van der Waals surface area (Å²) in [4.78, 5) is 24.6. The molecular formula is C19H23N7. The van der Waals surface area contributed by atoms with Crippen LogP contribution in [0.15, 0.2) is 30.9 Å². The van der Waals surface area contributed by atoms with Crippen LogP contribution in [-0.4, -0.2) is 42.6 Å². The van der Waals surface area contributed by atoms with Gasteiger partial charge in [0.15, 0.2) is 0 Å². The Hall–Kier alpha value is -2.83. The van der Waals surface area contributed by atoms with E-state index in [0.717, 1.165) is 60.5 Å². The Morgan fingerprint density at radius 1 is 1.12 bits per heavy atom. The lowest BCUT2D eigenvalue weighted by Gasteiger charge is -2.17. The highest BCUT2D eigenvalue weighted by Gasteiger charge is 2.24. The fourth-order valence-corrected chi connectivity index (χ4v) is 3.49. The summed E-state index contributed by atoms with van der Waals surface area (Å²) >= 11 is 0. The van der Waals surface area contributed by atoms with Gasteiger partial charge in [-0.2, -0.15) is 0 Å². The molecule has 1 atom stereocenters. The summed E-state index contributed by atoms with van der Waals surface area (Å²) in [5, 5.41) is 0. The molecule has 0 bridgehead atoms. The summed E-state index contributed by atoms with van der Waals surface area (Å²) < 4.78 is 2.04. The molecule has 1 aliphatic heterocycles. The number of aromatic nitrogens is 6. The first kappa shape index (κ1) is 16.6. The Labute approximate surface area is 153 Å². The molecule has 26 heavy (non-hydrogen) atoms. The lowest BCUT2D eigenvalue weighted by Crippen LogP contribution is -2.21. The summed E-state index contributed by atoms with van der Waals surface area (Å²) in [6, 6.07) is 1.99. The van der Waals surface area contributed by atoms with Crippen molar-refractivity contribution in [2.24, 2.45) is 13.0 Å². The summed E-state index contributed by atoms with van der Waals surface area (Å²) in [6.45, 7) is 5.93. The number of aryl methyl sites for hydroxylation is 2. The first-order valence-corrected chi connectivity index (χ1v) is 8.94. The van der Waals surface area contributed by atoms with Crippen molar-refractivity contribution in [1.29, 1.82) is 0 Å². The monoisotopic (exact) mass is 349 g/mol. The van der Waals surface area contributed by atoms with Crippen LogP contribution >= 0.6 is 0 Å². The summed E-state index contributed by atoms with van der Waals surface area (Å²) in [7, 11) is 2.00. The first-order valence-electron chi connectivity index (χ1n) is 8.94. The van der Waals surface area contributed by atoms with Gasteiger partial charge < -0.3 is 9.47 Å². The Balaban J connectivity index is 1.47. The molecule has 1 saturated heterocycles. The number of rotatable bonds is 4. The van der Waals surface area contributed by atoms with Gasteiger partial charge in [0.05, 0.1) is 23.8 Å². The Morgan fingerprint density at radius 2 is 2.00 bits per heavy atom. The zero-order valence-electron chi connectivity index (χ0n) is 15.4. The highest BCUT2D eigenvalue weighted by atomic mass is 15.2. The van der Waals surface area contributed by atoms with Crippen molar-refractivity contribution < 1.29 is 0 Å². The van der Waals surface area contributed by atoms with E-state index in [9.17, 15) is 0 Å². The van der Waals surface area contributed by atoms with Crippen LogP contribution in [-0.2, 0) is 13.5 Å². The second-order valence-electron chi connectivity index (χ2n) is 6.91. The molecular weight excluding hydrogens is 326 g/mol. The van der Waals surface area contributed by atoms with Gasteiger partial charge in [-0.25, -0.2) is 19.9 Å². The standard InChI is InChI=1S/C19H23N7/c1-13-21-6-4-19(23-13)26-7-5-15(12-26)8-16-9-20-10-17(24-16)18-11-22-14(2)25(18)3/h4,6,9-11,15H,5,7-8,12H2,1-3H3/t15-/m0/s1. The van der Waals surface area contributed by atoms with Crippen LogP contribution in [0.1, 0.15) is 23.8 Å². The maximum atomic E-state index is 4.83. The van der Waals surface area contributed by atoms with Crippen molar-refractivity contribution in [2.45, 2.75) is 26.7 Å². The van der Waals surface area contributed by atoms with Crippen LogP contribution in [0.5, 0.6) is 0 Å². The molecule has 0 N–H and O–H groups in total. The minimum atomic E-state index is 0.558. The Morgan fingerprint density at radius 3 is 2.77 bits per heavy atom. The molecule has 0 aliphatic carbocycles. The van der Waals surface area contributed by atoms with Crippen molar-refractivity contribution >= 4 is 5.82 Å². The van der Waals surface area contributed by atoms with E-state index < -0.39 is 0 Å². The SMILES string of the molecule is Cc1nccc(N2CC[C@@H](Cc3cncc(-c4cnc(C)n4C)n3)C2)n1. The van der Waals surface area contributed by atoms with E-state index in [2.05, 4.69) is 24.8 Å². The average molecular weight is 349 g/mol. The minimum absolute atomic E-state index is 0.558. The maximum absolute atomic E-state index is 4.83.